The number of carbonyl (C=O) groups is 1. The molecule has 1 unspecified atom stereocenters. The van der Waals surface area contributed by atoms with Crippen molar-refractivity contribution >= 4 is 29.0 Å². The van der Waals surface area contributed by atoms with Gasteiger partial charge in [0.2, 0.25) is 0 Å². The molecule has 1 aliphatic rings. The fourth-order valence-electron chi connectivity index (χ4n) is 2.52. The Balaban J connectivity index is 1.74. The topological polar surface area (TPSA) is 49.3 Å². The van der Waals surface area contributed by atoms with Gasteiger partial charge in [0.25, 0.3) is 5.91 Å². The minimum atomic E-state index is -0.985. The van der Waals surface area contributed by atoms with E-state index in [9.17, 15) is 9.90 Å². The zero-order chi connectivity index (χ0) is 14.9. The van der Waals surface area contributed by atoms with Gasteiger partial charge in [-0.15, -0.1) is 11.3 Å². The molecule has 0 fully saturated rings. The maximum atomic E-state index is 12.1. The summed E-state index contributed by atoms with van der Waals surface area (Å²) in [5, 5.41) is 15.7. The standard InChI is InChI=1S/C16H17NO2S2/c1-11-6-14(21-7-11)15(18)17-9-16(19)10-20-8-12-4-2-3-5-13(12)16/h2-7,19H,8-10H2,1H3,(H,17,18). The Morgan fingerprint density at radius 3 is 3.00 bits per heavy atom. The molecule has 5 heteroatoms. The number of rotatable bonds is 3. The summed E-state index contributed by atoms with van der Waals surface area (Å²) in [6.45, 7) is 2.21. The number of hydrogen-bond donors (Lipinski definition) is 2. The summed E-state index contributed by atoms with van der Waals surface area (Å²) >= 11 is 3.13. The summed E-state index contributed by atoms with van der Waals surface area (Å²) in [5.74, 6) is 1.40. The molecule has 2 aromatic rings. The lowest BCUT2D eigenvalue weighted by atomic mass is 9.91. The van der Waals surface area contributed by atoms with Crippen molar-refractivity contribution in [2.75, 3.05) is 12.3 Å². The van der Waals surface area contributed by atoms with E-state index in [1.165, 1.54) is 11.3 Å². The SMILES string of the molecule is Cc1csc(C(=O)NCC2(O)CSCc3ccccc32)c1. The Morgan fingerprint density at radius 2 is 2.24 bits per heavy atom. The van der Waals surface area contributed by atoms with Gasteiger partial charge in [-0.1, -0.05) is 24.3 Å². The second kappa shape index (κ2) is 5.83. The number of amides is 1. The largest absolute Gasteiger partial charge is 0.382 e. The minimum Gasteiger partial charge on any atom is -0.382 e. The molecule has 0 bridgehead atoms. The quantitative estimate of drug-likeness (QED) is 0.914. The molecule has 0 aliphatic carbocycles. The molecule has 1 aromatic carbocycles. The van der Waals surface area contributed by atoms with Crippen molar-refractivity contribution in [3.05, 3.63) is 57.3 Å². The molecule has 1 amide bonds. The Bertz CT molecular complexity index is 668. The number of aliphatic hydroxyl groups is 1. The third-order valence-corrected chi connectivity index (χ3v) is 5.86. The van der Waals surface area contributed by atoms with Gasteiger partial charge in [0.05, 0.1) is 11.4 Å². The predicted octanol–water partition coefficient (Wildman–Crippen LogP) is 2.92. The van der Waals surface area contributed by atoms with Crippen LogP contribution in [-0.2, 0) is 11.4 Å². The molecule has 21 heavy (non-hydrogen) atoms. The molecule has 0 saturated carbocycles. The highest BCUT2D eigenvalue weighted by atomic mass is 32.2. The molecule has 3 rings (SSSR count). The first kappa shape index (κ1) is 14.6. The minimum absolute atomic E-state index is 0.116. The van der Waals surface area contributed by atoms with Crippen LogP contribution in [-0.4, -0.2) is 23.3 Å². The second-order valence-electron chi connectivity index (χ2n) is 5.35. The molecule has 2 N–H and O–H groups in total. The maximum Gasteiger partial charge on any atom is 0.261 e. The number of hydrogen-bond acceptors (Lipinski definition) is 4. The number of carbonyl (C=O) groups excluding carboxylic acids is 1. The van der Waals surface area contributed by atoms with Crippen molar-refractivity contribution in [1.29, 1.82) is 0 Å². The van der Waals surface area contributed by atoms with Gasteiger partial charge in [-0.3, -0.25) is 4.79 Å². The van der Waals surface area contributed by atoms with Crippen molar-refractivity contribution < 1.29 is 9.90 Å². The molecule has 2 heterocycles. The zero-order valence-electron chi connectivity index (χ0n) is 11.8. The molecule has 1 aliphatic heterocycles. The Morgan fingerprint density at radius 1 is 1.43 bits per heavy atom. The van der Waals surface area contributed by atoms with E-state index in [1.54, 1.807) is 11.8 Å². The second-order valence-corrected chi connectivity index (χ2v) is 7.25. The van der Waals surface area contributed by atoms with E-state index >= 15 is 0 Å². The number of thiophene rings is 1. The predicted molar refractivity (Wildman–Crippen MR) is 87.9 cm³/mol. The fourth-order valence-corrected chi connectivity index (χ4v) is 4.50. The first-order chi connectivity index (χ1) is 10.1. The molecular weight excluding hydrogens is 302 g/mol. The van der Waals surface area contributed by atoms with Crippen LogP contribution in [0.5, 0.6) is 0 Å². The molecule has 0 radical (unpaired) electrons. The normalized spacial score (nSPS) is 20.9. The van der Waals surface area contributed by atoms with E-state index in [4.69, 9.17) is 0 Å². The average molecular weight is 319 g/mol. The van der Waals surface area contributed by atoms with Crippen molar-refractivity contribution in [2.24, 2.45) is 0 Å². The van der Waals surface area contributed by atoms with Gasteiger partial charge in [0.1, 0.15) is 5.60 Å². The molecule has 0 spiro atoms. The van der Waals surface area contributed by atoms with Crippen LogP contribution >= 0.6 is 23.1 Å². The van der Waals surface area contributed by atoms with Crippen LogP contribution in [0.1, 0.15) is 26.4 Å². The highest BCUT2D eigenvalue weighted by molar-refractivity contribution is 7.98. The van der Waals surface area contributed by atoms with Crippen LogP contribution in [0.3, 0.4) is 0 Å². The molecular formula is C16H17NO2S2. The summed E-state index contributed by atoms with van der Waals surface area (Å²) in [6.07, 6.45) is 0. The number of thioether (sulfide) groups is 1. The molecule has 1 atom stereocenters. The number of aryl methyl sites for hydroxylation is 1. The summed E-state index contributed by atoms with van der Waals surface area (Å²) < 4.78 is 0. The van der Waals surface area contributed by atoms with Gasteiger partial charge < -0.3 is 10.4 Å². The van der Waals surface area contributed by atoms with Crippen LogP contribution in [0.15, 0.2) is 35.7 Å². The third-order valence-electron chi connectivity index (χ3n) is 3.61. The monoisotopic (exact) mass is 319 g/mol. The van der Waals surface area contributed by atoms with E-state index in [-0.39, 0.29) is 12.5 Å². The molecule has 0 saturated heterocycles. The highest BCUT2D eigenvalue weighted by Crippen LogP contribution is 2.35. The average Bonchev–Trinajstić information content (AvgIpc) is 2.92. The molecule has 3 nitrogen and oxygen atoms in total. The number of benzene rings is 1. The van der Waals surface area contributed by atoms with Crippen molar-refractivity contribution in [1.82, 2.24) is 5.32 Å². The first-order valence-electron chi connectivity index (χ1n) is 6.80. The van der Waals surface area contributed by atoms with Gasteiger partial charge in [0.15, 0.2) is 0 Å². The van der Waals surface area contributed by atoms with E-state index in [1.807, 2.05) is 42.6 Å². The van der Waals surface area contributed by atoms with Crippen LogP contribution < -0.4 is 5.32 Å². The highest BCUT2D eigenvalue weighted by Gasteiger charge is 2.35. The smallest absolute Gasteiger partial charge is 0.261 e. The summed E-state index contributed by atoms with van der Waals surface area (Å²) in [5.41, 5.74) is 2.19. The van der Waals surface area contributed by atoms with Gasteiger partial charge in [-0.25, -0.2) is 0 Å². The summed E-state index contributed by atoms with van der Waals surface area (Å²) in [6, 6.07) is 9.78. The van der Waals surface area contributed by atoms with Crippen LogP contribution in [0.25, 0.3) is 0 Å². The third kappa shape index (κ3) is 3.00. The van der Waals surface area contributed by atoms with E-state index < -0.39 is 5.60 Å². The lowest BCUT2D eigenvalue weighted by molar-refractivity contribution is 0.0553. The molecule has 1 aromatic heterocycles. The summed E-state index contributed by atoms with van der Waals surface area (Å²) in [4.78, 5) is 12.8. The Kier molecular flexibility index (Phi) is 4.06. The van der Waals surface area contributed by atoms with Crippen molar-refractivity contribution in [3.8, 4) is 0 Å². The van der Waals surface area contributed by atoms with Crippen molar-refractivity contribution in [3.63, 3.8) is 0 Å². The number of fused-ring (bicyclic) bond motifs is 1. The Hall–Kier alpha value is -1.30. The fraction of sp³-hybridized carbons (Fsp3) is 0.312. The van der Waals surface area contributed by atoms with Gasteiger partial charge >= 0.3 is 0 Å². The maximum absolute atomic E-state index is 12.1. The van der Waals surface area contributed by atoms with E-state index in [0.29, 0.717) is 10.6 Å². The van der Waals surface area contributed by atoms with E-state index in [0.717, 1.165) is 22.4 Å². The zero-order valence-corrected chi connectivity index (χ0v) is 13.4. The first-order valence-corrected chi connectivity index (χ1v) is 8.84. The lowest BCUT2D eigenvalue weighted by Crippen LogP contribution is -2.44. The molecule has 110 valence electrons. The van der Waals surface area contributed by atoms with Gasteiger partial charge in [0, 0.05) is 11.5 Å². The van der Waals surface area contributed by atoms with Crippen molar-refractivity contribution in [2.45, 2.75) is 18.3 Å². The summed E-state index contributed by atoms with van der Waals surface area (Å²) in [7, 11) is 0. The van der Waals surface area contributed by atoms with Gasteiger partial charge in [-0.2, -0.15) is 11.8 Å². The van der Waals surface area contributed by atoms with Crippen LogP contribution in [0.2, 0.25) is 0 Å². The van der Waals surface area contributed by atoms with E-state index in [2.05, 4.69) is 5.32 Å². The van der Waals surface area contributed by atoms with Crippen LogP contribution in [0.4, 0.5) is 0 Å². The lowest BCUT2D eigenvalue weighted by Gasteiger charge is -2.34. The Labute approximate surface area is 132 Å². The van der Waals surface area contributed by atoms with Crippen LogP contribution in [0, 0.1) is 6.92 Å². The van der Waals surface area contributed by atoms with Gasteiger partial charge in [-0.05, 0) is 35.1 Å². The number of nitrogens with one attached hydrogen (secondary N) is 1.